The van der Waals surface area contributed by atoms with Crippen LogP contribution in [0.1, 0.15) is 23.7 Å². The molecule has 1 N–H and O–H groups in total. The molecule has 0 aliphatic heterocycles. The molecular weight excluding hydrogens is 244 g/mol. The summed E-state index contributed by atoms with van der Waals surface area (Å²) in [5, 5.41) is 12.9. The zero-order chi connectivity index (χ0) is 13.8. The summed E-state index contributed by atoms with van der Waals surface area (Å²) in [7, 11) is 0. The highest BCUT2D eigenvalue weighted by molar-refractivity contribution is 5.97. The van der Waals surface area contributed by atoms with E-state index in [-0.39, 0.29) is 12.2 Å². The van der Waals surface area contributed by atoms with Crippen LogP contribution in [0.4, 0.5) is 0 Å². The Labute approximate surface area is 110 Å². The number of benzene rings is 1. The Balaban J connectivity index is 2.13. The Hall–Kier alpha value is -2.43. The molecule has 2 aromatic rings. The maximum atomic E-state index is 11.9. The van der Waals surface area contributed by atoms with Crippen LogP contribution in [0.2, 0.25) is 0 Å². The Kier molecular flexibility index (Phi) is 3.75. The largest absolute Gasteiger partial charge is 0.481 e. The maximum absolute atomic E-state index is 11.9. The highest BCUT2D eigenvalue weighted by Crippen LogP contribution is 2.12. The van der Waals surface area contributed by atoms with E-state index < -0.39 is 11.9 Å². The first kappa shape index (κ1) is 13.0. The first-order valence-electron chi connectivity index (χ1n) is 5.94. The number of carbonyl (C=O) groups excluding carboxylic acids is 1. The first-order valence-corrected chi connectivity index (χ1v) is 5.94. The third kappa shape index (κ3) is 3.07. The van der Waals surface area contributed by atoms with Gasteiger partial charge in [0.15, 0.2) is 5.78 Å². The number of aromatic nitrogens is 2. The molecule has 1 aromatic carbocycles. The normalized spacial score (nSPS) is 12.1. The van der Waals surface area contributed by atoms with Crippen LogP contribution in [-0.4, -0.2) is 26.6 Å². The third-order valence-corrected chi connectivity index (χ3v) is 2.84. The lowest BCUT2D eigenvalue weighted by Gasteiger charge is -2.03. The summed E-state index contributed by atoms with van der Waals surface area (Å²) in [5.74, 6) is -1.87. The molecule has 1 unspecified atom stereocenters. The number of hydrogen-bond acceptors (Lipinski definition) is 3. The molecule has 1 heterocycles. The van der Waals surface area contributed by atoms with E-state index in [0.29, 0.717) is 5.56 Å². The van der Waals surface area contributed by atoms with E-state index in [4.69, 9.17) is 5.11 Å². The fourth-order valence-electron chi connectivity index (χ4n) is 1.67. The molecule has 0 spiro atoms. The topological polar surface area (TPSA) is 72.2 Å². The number of ketones is 1. The molecule has 5 heteroatoms. The number of aliphatic carboxylic acids is 1. The molecule has 0 saturated heterocycles. The van der Waals surface area contributed by atoms with E-state index in [9.17, 15) is 9.59 Å². The lowest BCUT2D eigenvalue weighted by Crippen LogP contribution is -2.14. The van der Waals surface area contributed by atoms with E-state index in [0.717, 1.165) is 5.69 Å². The van der Waals surface area contributed by atoms with Crippen LogP contribution in [0.3, 0.4) is 0 Å². The summed E-state index contributed by atoms with van der Waals surface area (Å²) in [6.45, 7) is 1.52. The monoisotopic (exact) mass is 258 g/mol. The van der Waals surface area contributed by atoms with E-state index >= 15 is 0 Å². The standard InChI is InChI=1S/C14H14N2O3/c1-10(14(18)19)7-13(17)11-8-15-16(9-11)12-5-3-2-4-6-12/h2-6,8-10H,7H2,1H3,(H,18,19). The van der Waals surface area contributed by atoms with E-state index in [2.05, 4.69) is 5.10 Å². The number of rotatable bonds is 5. The van der Waals surface area contributed by atoms with Gasteiger partial charge in [-0.15, -0.1) is 0 Å². The minimum absolute atomic E-state index is 0.0180. The summed E-state index contributed by atoms with van der Waals surface area (Å²) in [5.41, 5.74) is 1.28. The van der Waals surface area contributed by atoms with Crippen molar-refractivity contribution in [3.63, 3.8) is 0 Å². The molecule has 0 bridgehead atoms. The first-order chi connectivity index (χ1) is 9.08. The molecule has 98 valence electrons. The van der Waals surface area contributed by atoms with Crippen molar-refractivity contribution in [1.29, 1.82) is 0 Å². The van der Waals surface area contributed by atoms with Crippen molar-refractivity contribution < 1.29 is 14.7 Å². The molecule has 0 fully saturated rings. The number of hydrogen-bond donors (Lipinski definition) is 1. The van der Waals surface area contributed by atoms with Crippen molar-refractivity contribution in [2.75, 3.05) is 0 Å². The molecule has 0 saturated carbocycles. The van der Waals surface area contributed by atoms with Gasteiger partial charge in [0.2, 0.25) is 0 Å². The minimum atomic E-state index is -0.969. The second kappa shape index (κ2) is 5.48. The van der Waals surface area contributed by atoms with Gasteiger partial charge in [-0.25, -0.2) is 4.68 Å². The minimum Gasteiger partial charge on any atom is -0.481 e. The van der Waals surface area contributed by atoms with Gasteiger partial charge in [-0.1, -0.05) is 25.1 Å². The van der Waals surface area contributed by atoms with Gasteiger partial charge in [0, 0.05) is 12.6 Å². The smallest absolute Gasteiger partial charge is 0.306 e. The van der Waals surface area contributed by atoms with Gasteiger partial charge in [0.25, 0.3) is 0 Å². The lowest BCUT2D eigenvalue weighted by atomic mass is 10.0. The number of nitrogens with zero attached hydrogens (tertiary/aromatic N) is 2. The maximum Gasteiger partial charge on any atom is 0.306 e. The Morgan fingerprint density at radius 1 is 1.32 bits per heavy atom. The fourth-order valence-corrected chi connectivity index (χ4v) is 1.67. The highest BCUT2D eigenvalue weighted by Gasteiger charge is 2.18. The molecule has 0 aliphatic carbocycles. The Morgan fingerprint density at radius 2 is 2.00 bits per heavy atom. The second-order valence-electron chi connectivity index (χ2n) is 4.38. The summed E-state index contributed by atoms with van der Waals surface area (Å²) in [6.07, 6.45) is 3.06. The number of Topliss-reactive ketones (excluding diaryl/α,β-unsaturated/α-hetero) is 1. The Bertz CT molecular complexity index is 590. The molecular formula is C14H14N2O3. The molecule has 0 aliphatic rings. The summed E-state index contributed by atoms with van der Waals surface area (Å²) in [4.78, 5) is 22.6. The second-order valence-corrected chi connectivity index (χ2v) is 4.38. The van der Waals surface area contributed by atoms with E-state index in [1.807, 2.05) is 30.3 Å². The number of para-hydroxylation sites is 1. The zero-order valence-electron chi connectivity index (χ0n) is 10.5. The van der Waals surface area contributed by atoms with Crippen molar-refractivity contribution in [2.45, 2.75) is 13.3 Å². The molecule has 1 aromatic heterocycles. The highest BCUT2D eigenvalue weighted by atomic mass is 16.4. The van der Waals surface area contributed by atoms with Gasteiger partial charge >= 0.3 is 5.97 Å². The average molecular weight is 258 g/mol. The van der Waals surface area contributed by atoms with Crippen molar-refractivity contribution in [3.8, 4) is 5.69 Å². The number of carboxylic acid groups (broad SMARTS) is 1. The SMILES string of the molecule is CC(CC(=O)c1cnn(-c2ccccc2)c1)C(=O)O. The van der Waals surface area contributed by atoms with Gasteiger partial charge in [0.1, 0.15) is 0 Å². The number of carbonyl (C=O) groups is 2. The lowest BCUT2D eigenvalue weighted by molar-refractivity contribution is -0.141. The van der Waals surface area contributed by atoms with Crippen LogP contribution in [-0.2, 0) is 4.79 Å². The van der Waals surface area contributed by atoms with Crippen molar-refractivity contribution >= 4 is 11.8 Å². The summed E-state index contributed by atoms with van der Waals surface area (Å²) >= 11 is 0. The predicted molar refractivity (Wildman–Crippen MR) is 69.3 cm³/mol. The average Bonchev–Trinajstić information content (AvgIpc) is 2.89. The van der Waals surface area contributed by atoms with Gasteiger partial charge in [-0.2, -0.15) is 5.10 Å². The van der Waals surface area contributed by atoms with Crippen LogP contribution in [0.15, 0.2) is 42.7 Å². The van der Waals surface area contributed by atoms with Crippen molar-refractivity contribution in [2.24, 2.45) is 5.92 Å². The molecule has 2 rings (SSSR count). The molecule has 5 nitrogen and oxygen atoms in total. The quantitative estimate of drug-likeness (QED) is 0.834. The van der Waals surface area contributed by atoms with Gasteiger partial charge in [0.05, 0.1) is 23.4 Å². The molecule has 19 heavy (non-hydrogen) atoms. The number of carboxylic acids is 1. The van der Waals surface area contributed by atoms with Crippen LogP contribution >= 0.6 is 0 Å². The van der Waals surface area contributed by atoms with Crippen molar-refractivity contribution in [3.05, 3.63) is 48.3 Å². The van der Waals surface area contributed by atoms with Gasteiger partial charge in [-0.3, -0.25) is 9.59 Å². The summed E-state index contributed by atoms with van der Waals surface area (Å²) < 4.78 is 1.60. The fraction of sp³-hybridized carbons (Fsp3) is 0.214. The molecule has 1 atom stereocenters. The van der Waals surface area contributed by atoms with Crippen LogP contribution in [0, 0.1) is 5.92 Å². The zero-order valence-corrected chi connectivity index (χ0v) is 10.5. The third-order valence-electron chi connectivity index (χ3n) is 2.84. The van der Waals surface area contributed by atoms with Crippen LogP contribution in [0.25, 0.3) is 5.69 Å². The molecule has 0 amide bonds. The molecule has 0 radical (unpaired) electrons. The van der Waals surface area contributed by atoms with Crippen molar-refractivity contribution in [1.82, 2.24) is 9.78 Å². The van der Waals surface area contributed by atoms with Crippen LogP contribution < -0.4 is 0 Å². The Morgan fingerprint density at radius 3 is 2.63 bits per heavy atom. The van der Waals surface area contributed by atoms with E-state index in [1.54, 1.807) is 10.9 Å². The van der Waals surface area contributed by atoms with Gasteiger partial charge in [-0.05, 0) is 12.1 Å². The summed E-state index contributed by atoms with van der Waals surface area (Å²) in [6, 6.07) is 9.41. The van der Waals surface area contributed by atoms with E-state index in [1.165, 1.54) is 13.1 Å². The van der Waals surface area contributed by atoms with Crippen LogP contribution in [0.5, 0.6) is 0 Å². The predicted octanol–water partition coefficient (Wildman–Crippen LogP) is 2.17. The van der Waals surface area contributed by atoms with Gasteiger partial charge < -0.3 is 5.11 Å².